The van der Waals surface area contributed by atoms with Crippen LogP contribution in [0, 0.1) is 0 Å². The van der Waals surface area contributed by atoms with Gasteiger partial charge in [0.2, 0.25) is 5.89 Å². The first-order valence-corrected chi connectivity index (χ1v) is 6.60. The number of hydrogen-bond donors (Lipinski definition) is 1. The van der Waals surface area contributed by atoms with Crippen LogP contribution >= 0.6 is 11.8 Å². The van der Waals surface area contributed by atoms with Gasteiger partial charge in [-0.2, -0.15) is 4.98 Å². The van der Waals surface area contributed by atoms with Gasteiger partial charge < -0.3 is 9.84 Å². The first-order chi connectivity index (χ1) is 7.40. The third-order valence-electron chi connectivity index (χ3n) is 2.47. The smallest absolute Gasteiger partial charge is 0.239 e. The van der Waals surface area contributed by atoms with Crippen molar-refractivity contribution >= 4 is 11.8 Å². The molecule has 1 unspecified atom stereocenters. The lowest BCUT2D eigenvalue weighted by Crippen LogP contribution is -2.13. The van der Waals surface area contributed by atoms with Crippen LogP contribution in [0.1, 0.15) is 43.2 Å². The molecule has 0 amide bonds. The van der Waals surface area contributed by atoms with Crippen molar-refractivity contribution in [1.29, 1.82) is 0 Å². The molecule has 0 spiro atoms. The predicted octanol–water partition coefficient (Wildman–Crippen LogP) is 2.14. The van der Waals surface area contributed by atoms with Crippen molar-refractivity contribution in [1.82, 2.24) is 15.5 Å². The maximum atomic E-state index is 5.28. The predicted molar refractivity (Wildman–Crippen MR) is 60.7 cm³/mol. The number of thioether (sulfide) groups is 1. The molecule has 1 aromatic rings. The summed E-state index contributed by atoms with van der Waals surface area (Å²) in [6.07, 6.45) is 3.77. The van der Waals surface area contributed by atoms with E-state index in [2.05, 4.69) is 22.4 Å². The molecule has 1 aliphatic heterocycles. The second-order valence-electron chi connectivity index (χ2n) is 3.68. The Labute approximate surface area is 94.2 Å². The van der Waals surface area contributed by atoms with Gasteiger partial charge in [0.15, 0.2) is 5.82 Å². The average Bonchev–Trinajstić information content (AvgIpc) is 2.76. The summed E-state index contributed by atoms with van der Waals surface area (Å²) in [5, 5.41) is 7.59. The molecular formula is C10H17N3OS. The quantitative estimate of drug-likeness (QED) is 0.854. The van der Waals surface area contributed by atoms with Crippen LogP contribution in [0.3, 0.4) is 0 Å². The Bertz CT molecular complexity index is 297. The summed E-state index contributed by atoms with van der Waals surface area (Å²) in [4.78, 5) is 4.41. The van der Waals surface area contributed by atoms with Crippen LogP contribution in [0.2, 0.25) is 0 Å². The Morgan fingerprint density at radius 2 is 2.47 bits per heavy atom. The number of rotatable bonds is 4. The maximum absolute atomic E-state index is 5.28. The molecule has 0 radical (unpaired) electrons. The number of nitrogens with one attached hydrogen (secondary N) is 1. The van der Waals surface area contributed by atoms with E-state index in [0.717, 1.165) is 18.3 Å². The van der Waals surface area contributed by atoms with Crippen LogP contribution in [0.5, 0.6) is 0 Å². The zero-order valence-corrected chi connectivity index (χ0v) is 9.85. The van der Waals surface area contributed by atoms with E-state index >= 15 is 0 Å². The van der Waals surface area contributed by atoms with Crippen molar-refractivity contribution in [3.63, 3.8) is 0 Å². The average molecular weight is 227 g/mol. The van der Waals surface area contributed by atoms with Crippen molar-refractivity contribution < 1.29 is 4.52 Å². The van der Waals surface area contributed by atoms with Gasteiger partial charge in [-0.25, -0.2) is 0 Å². The van der Waals surface area contributed by atoms with Crippen LogP contribution in [0.25, 0.3) is 0 Å². The standard InChI is InChI=1S/C10H17N3OS/c1-2-11-7-9-12-10(14-13-9)8-5-3-4-6-15-8/h8,11H,2-7H2,1H3. The minimum atomic E-state index is 0.432. The summed E-state index contributed by atoms with van der Waals surface area (Å²) in [6.45, 7) is 3.71. The third kappa shape index (κ3) is 2.95. The van der Waals surface area contributed by atoms with Crippen molar-refractivity contribution in [2.75, 3.05) is 12.3 Å². The molecule has 0 bridgehead atoms. The van der Waals surface area contributed by atoms with Crippen LogP contribution in [0.15, 0.2) is 4.52 Å². The summed E-state index contributed by atoms with van der Waals surface area (Å²) < 4.78 is 5.28. The molecule has 84 valence electrons. The van der Waals surface area contributed by atoms with E-state index in [1.165, 1.54) is 25.0 Å². The molecule has 2 rings (SSSR count). The van der Waals surface area contributed by atoms with Gasteiger partial charge in [-0.15, -0.1) is 11.8 Å². The Kier molecular flexibility index (Phi) is 4.02. The highest BCUT2D eigenvalue weighted by Gasteiger charge is 2.21. The number of hydrogen-bond acceptors (Lipinski definition) is 5. The molecule has 5 heteroatoms. The van der Waals surface area contributed by atoms with Gasteiger partial charge in [0.1, 0.15) is 0 Å². The lowest BCUT2D eigenvalue weighted by atomic mass is 10.2. The summed E-state index contributed by atoms with van der Waals surface area (Å²) in [5.41, 5.74) is 0. The normalized spacial score (nSPS) is 21.8. The lowest BCUT2D eigenvalue weighted by molar-refractivity contribution is 0.364. The zero-order valence-electron chi connectivity index (χ0n) is 9.03. The molecule has 0 aromatic carbocycles. The van der Waals surface area contributed by atoms with Gasteiger partial charge in [0, 0.05) is 0 Å². The zero-order chi connectivity index (χ0) is 10.5. The van der Waals surface area contributed by atoms with Gasteiger partial charge in [-0.1, -0.05) is 18.5 Å². The summed E-state index contributed by atoms with van der Waals surface area (Å²) >= 11 is 1.94. The molecule has 1 saturated heterocycles. The van der Waals surface area contributed by atoms with Crippen molar-refractivity contribution in [3.8, 4) is 0 Å². The molecule has 1 aliphatic rings. The highest BCUT2D eigenvalue weighted by atomic mass is 32.2. The summed E-state index contributed by atoms with van der Waals surface area (Å²) in [7, 11) is 0. The van der Waals surface area contributed by atoms with Gasteiger partial charge in [-0.3, -0.25) is 0 Å². The van der Waals surface area contributed by atoms with Gasteiger partial charge in [0.05, 0.1) is 11.8 Å². The highest BCUT2D eigenvalue weighted by Crippen LogP contribution is 2.37. The molecule has 1 atom stereocenters. The van der Waals surface area contributed by atoms with Crippen molar-refractivity contribution in [2.45, 2.75) is 38.0 Å². The fourth-order valence-electron chi connectivity index (χ4n) is 1.64. The van der Waals surface area contributed by atoms with E-state index in [0.29, 0.717) is 11.8 Å². The Balaban J connectivity index is 1.93. The summed E-state index contributed by atoms with van der Waals surface area (Å²) in [6, 6.07) is 0. The topological polar surface area (TPSA) is 51.0 Å². The second-order valence-corrected chi connectivity index (χ2v) is 5.00. The number of aromatic nitrogens is 2. The molecule has 4 nitrogen and oxygen atoms in total. The first kappa shape index (κ1) is 11.0. The SMILES string of the molecule is CCNCc1noc(C2CCCCS2)n1. The van der Waals surface area contributed by atoms with Gasteiger partial charge in [-0.05, 0) is 25.1 Å². The molecule has 2 heterocycles. The van der Waals surface area contributed by atoms with Crippen LogP contribution < -0.4 is 5.32 Å². The fraction of sp³-hybridized carbons (Fsp3) is 0.800. The first-order valence-electron chi connectivity index (χ1n) is 5.55. The molecule has 15 heavy (non-hydrogen) atoms. The van der Waals surface area contributed by atoms with Crippen molar-refractivity contribution in [3.05, 3.63) is 11.7 Å². The molecular weight excluding hydrogens is 210 g/mol. The second kappa shape index (κ2) is 5.51. The van der Waals surface area contributed by atoms with E-state index in [-0.39, 0.29) is 0 Å². The Morgan fingerprint density at radius 3 is 3.20 bits per heavy atom. The van der Waals surface area contributed by atoms with E-state index < -0.39 is 0 Å². The molecule has 1 aromatic heterocycles. The van der Waals surface area contributed by atoms with E-state index in [9.17, 15) is 0 Å². The van der Waals surface area contributed by atoms with Gasteiger partial charge >= 0.3 is 0 Å². The van der Waals surface area contributed by atoms with Crippen LogP contribution in [-0.4, -0.2) is 22.4 Å². The molecule has 1 fully saturated rings. The summed E-state index contributed by atoms with van der Waals surface area (Å²) in [5.74, 6) is 2.81. The Hall–Kier alpha value is -0.550. The fourth-order valence-corrected chi connectivity index (χ4v) is 2.87. The minimum absolute atomic E-state index is 0.432. The molecule has 0 aliphatic carbocycles. The maximum Gasteiger partial charge on any atom is 0.239 e. The lowest BCUT2D eigenvalue weighted by Gasteiger charge is -2.16. The Morgan fingerprint density at radius 1 is 1.53 bits per heavy atom. The molecule has 0 saturated carbocycles. The largest absolute Gasteiger partial charge is 0.338 e. The van der Waals surface area contributed by atoms with E-state index in [1.54, 1.807) is 0 Å². The minimum Gasteiger partial charge on any atom is -0.338 e. The van der Waals surface area contributed by atoms with Gasteiger partial charge in [0.25, 0.3) is 0 Å². The van der Waals surface area contributed by atoms with Crippen molar-refractivity contribution in [2.24, 2.45) is 0 Å². The molecule has 1 N–H and O–H groups in total. The monoisotopic (exact) mass is 227 g/mol. The van der Waals surface area contributed by atoms with Crippen LogP contribution in [-0.2, 0) is 6.54 Å². The van der Waals surface area contributed by atoms with E-state index in [1.807, 2.05) is 11.8 Å². The van der Waals surface area contributed by atoms with E-state index in [4.69, 9.17) is 4.52 Å². The number of nitrogens with zero attached hydrogens (tertiary/aromatic N) is 2. The third-order valence-corrected chi connectivity index (χ3v) is 3.84. The van der Waals surface area contributed by atoms with Crippen LogP contribution in [0.4, 0.5) is 0 Å². The highest BCUT2D eigenvalue weighted by molar-refractivity contribution is 7.99.